The zero-order chi connectivity index (χ0) is 13.7. The summed E-state index contributed by atoms with van der Waals surface area (Å²) < 4.78 is 6.95. The van der Waals surface area contributed by atoms with Gasteiger partial charge in [-0.2, -0.15) is 0 Å². The highest BCUT2D eigenvalue weighted by Crippen LogP contribution is 2.12. The number of hydrogen-bond donors (Lipinski definition) is 3. The van der Waals surface area contributed by atoms with Crippen LogP contribution in [0.3, 0.4) is 0 Å². The van der Waals surface area contributed by atoms with Crippen LogP contribution < -0.4 is 16.6 Å². The molecule has 0 fully saturated rings. The standard InChI is InChI=1S/C11H17N7O/c1-18-4-3-13-11(18)6-14-8-5-9(17-12)16-10(15-8)7-19-2/h3-5H,6-7,12H2,1-2H3,(H2,14,15,16,17). The number of hydrazine groups is 1. The van der Waals surface area contributed by atoms with Crippen molar-refractivity contribution >= 4 is 11.6 Å². The fourth-order valence-corrected chi connectivity index (χ4v) is 1.59. The number of nitrogen functional groups attached to an aromatic ring is 1. The Balaban J connectivity index is 2.10. The number of nitrogens with one attached hydrogen (secondary N) is 2. The average molecular weight is 263 g/mol. The van der Waals surface area contributed by atoms with Gasteiger partial charge in [-0.15, -0.1) is 0 Å². The number of aromatic nitrogens is 4. The number of aryl methyl sites for hydroxylation is 1. The Labute approximate surface area is 111 Å². The van der Waals surface area contributed by atoms with Crippen LogP contribution in [0, 0.1) is 0 Å². The molecule has 2 heterocycles. The Hall–Kier alpha value is -2.19. The van der Waals surface area contributed by atoms with Crippen molar-refractivity contribution in [1.29, 1.82) is 0 Å². The molecule has 0 bridgehead atoms. The fourth-order valence-electron chi connectivity index (χ4n) is 1.59. The maximum Gasteiger partial charge on any atom is 0.158 e. The predicted molar refractivity (Wildman–Crippen MR) is 71.1 cm³/mol. The largest absolute Gasteiger partial charge is 0.377 e. The van der Waals surface area contributed by atoms with Gasteiger partial charge in [-0.1, -0.05) is 0 Å². The van der Waals surface area contributed by atoms with Crippen LogP contribution in [0.4, 0.5) is 11.6 Å². The van der Waals surface area contributed by atoms with E-state index >= 15 is 0 Å². The third-order valence-corrected chi connectivity index (χ3v) is 2.54. The number of imidazole rings is 1. The first-order chi connectivity index (χ1) is 9.22. The van der Waals surface area contributed by atoms with Crippen molar-refractivity contribution < 1.29 is 4.74 Å². The molecular formula is C11H17N7O. The first-order valence-corrected chi connectivity index (χ1v) is 5.76. The summed E-state index contributed by atoms with van der Waals surface area (Å²) in [6, 6.07) is 1.72. The lowest BCUT2D eigenvalue weighted by molar-refractivity contribution is 0.178. The second kappa shape index (κ2) is 6.12. The summed E-state index contributed by atoms with van der Waals surface area (Å²) in [6.45, 7) is 0.892. The molecular weight excluding hydrogens is 246 g/mol. The molecule has 0 saturated carbocycles. The van der Waals surface area contributed by atoms with Gasteiger partial charge in [-0.3, -0.25) is 0 Å². The van der Waals surface area contributed by atoms with Crippen molar-refractivity contribution in [2.45, 2.75) is 13.2 Å². The highest BCUT2D eigenvalue weighted by Gasteiger charge is 2.05. The van der Waals surface area contributed by atoms with Gasteiger partial charge in [0, 0.05) is 32.6 Å². The van der Waals surface area contributed by atoms with Crippen molar-refractivity contribution in [3.63, 3.8) is 0 Å². The molecule has 0 spiro atoms. The van der Waals surface area contributed by atoms with Gasteiger partial charge in [-0.25, -0.2) is 20.8 Å². The fraction of sp³-hybridized carbons (Fsp3) is 0.364. The van der Waals surface area contributed by atoms with Crippen molar-refractivity contribution in [3.05, 3.63) is 30.1 Å². The normalized spacial score (nSPS) is 10.5. The van der Waals surface area contributed by atoms with Crippen LogP contribution in [0.15, 0.2) is 18.5 Å². The van der Waals surface area contributed by atoms with E-state index in [4.69, 9.17) is 10.6 Å². The maximum atomic E-state index is 5.37. The van der Waals surface area contributed by atoms with Crippen LogP contribution in [-0.2, 0) is 24.9 Å². The molecule has 8 heteroatoms. The number of ether oxygens (including phenoxy) is 1. The van der Waals surface area contributed by atoms with Crippen molar-refractivity contribution in [2.75, 3.05) is 17.9 Å². The maximum absolute atomic E-state index is 5.37. The Morgan fingerprint density at radius 2 is 2.16 bits per heavy atom. The monoisotopic (exact) mass is 263 g/mol. The quantitative estimate of drug-likeness (QED) is 0.507. The van der Waals surface area contributed by atoms with Gasteiger partial charge in [0.25, 0.3) is 0 Å². The van der Waals surface area contributed by atoms with Crippen molar-refractivity contribution in [3.8, 4) is 0 Å². The van der Waals surface area contributed by atoms with Gasteiger partial charge in [0.2, 0.25) is 0 Å². The van der Waals surface area contributed by atoms with Crippen molar-refractivity contribution in [2.24, 2.45) is 12.9 Å². The van der Waals surface area contributed by atoms with Gasteiger partial charge >= 0.3 is 0 Å². The van der Waals surface area contributed by atoms with Crippen LogP contribution in [-0.4, -0.2) is 26.6 Å². The van der Waals surface area contributed by atoms with Gasteiger partial charge < -0.3 is 20.0 Å². The van der Waals surface area contributed by atoms with Crippen LogP contribution >= 0.6 is 0 Å². The molecule has 0 aliphatic carbocycles. The van der Waals surface area contributed by atoms with E-state index in [0.717, 1.165) is 5.82 Å². The minimum absolute atomic E-state index is 0.326. The van der Waals surface area contributed by atoms with E-state index < -0.39 is 0 Å². The number of hydrogen-bond acceptors (Lipinski definition) is 7. The molecule has 102 valence electrons. The van der Waals surface area contributed by atoms with E-state index in [9.17, 15) is 0 Å². The molecule has 0 aliphatic heterocycles. The van der Waals surface area contributed by atoms with E-state index in [2.05, 4.69) is 25.7 Å². The van der Waals surface area contributed by atoms with Gasteiger partial charge in [0.05, 0.1) is 6.54 Å². The third-order valence-electron chi connectivity index (χ3n) is 2.54. The lowest BCUT2D eigenvalue weighted by atomic mass is 10.4. The van der Waals surface area contributed by atoms with E-state index in [1.165, 1.54) is 0 Å². The van der Waals surface area contributed by atoms with Gasteiger partial charge in [-0.05, 0) is 0 Å². The molecule has 19 heavy (non-hydrogen) atoms. The Bertz CT molecular complexity index is 540. The number of rotatable bonds is 6. The molecule has 0 radical (unpaired) electrons. The van der Waals surface area contributed by atoms with E-state index in [1.807, 2.05) is 17.8 Å². The zero-order valence-electron chi connectivity index (χ0n) is 10.9. The summed E-state index contributed by atoms with van der Waals surface area (Å²) in [5, 5.41) is 3.18. The summed E-state index contributed by atoms with van der Waals surface area (Å²) in [5.74, 6) is 8.04. The van der Waals surface area contributed by atoms with Gasteiger partial charge in [0.1, 0.15) is 24.1 Å². The van der Waals surface area contributed by atoms with Gasteiger partial charge in [0.15, 0.2) is 5.82 Å². The molecule has 0 unspecified atom stereocenters. The topological polar surface area (TPSA) is 103 Å². The smallest absolute Gasteiger partial charge is 0.158 e. The molecule has 2 aromatic heterocycles. The Morgan fingerprint density at radius 3 is 2.79 bits per heavy atom. The van der Waals surface area contributed by atoms with Crippen molar-refractivity contribution in [1.82, 2.24) is 19.5 Å². The van der Waals surface area contributed by atoms with Crippen LogP contribution in [0.1, 0.15) is 11.6 Å². The third kappa shape index (κ3) is 3.39. The van der Waals surface area contributed by atoms with Crippen LogP contribution in [0.2, 0.25) is 0 Å². The summed E-state index contributed by atoms with van der Waals surface area (Å²) in [6.07, 6.45) is 3.64. The molecule has 0 aliphatic rings. The minimum atomic E-state index is 0.326. The second-order valence-electron chi connectivity index (χ2n) is 3.94. The first-order valence-electron chi connectivity index (χ1n) is 5.76. The summed E-state index contributed by atoms with van der Waals surface area (Å²) in [4.78, 5) is 12.7. The molecule has 4 N–H and O–H groups in total. The number of methoxy groups -OCH3 is 1. The average Bonchev–Trinajstić information content (AvgIpc) is 2.82. The highest BCUT2D eigenvalue weighted by molar-refractivity contribution is 5.46. The summed E-state index contributed by atoms with van der Waals surface area (Å²) in [7, 11) is 3.53. The SMILES string of the molecule is COCc1nc(NN)cc(NCc2nccn2C)n1. The molecule has 8 nitrogen and oxygen atoms in total. The molecule has 2 aromatic rings. The highest BCUT2D eigenvalue weighted by atomic mass is 16.5. The molecule has 0 aromatic carbocycles. The first kappa shape index (κ1) is 13.2. The number of nitrogens with two attached hydrogens (primary N) is 1. The van der Waals surface area contributed by atoms with E-state index in [0.29, 0.717) is 30.6 Å². The lowest BCUT2D eigenvalue weighted by Gasteiger charge is -2.09. The summed E-state index contributed by atoms with van der Waals surface area (Å²) in [5.41, 5.74) is 2.50. The number of nitrogens with zero attached hydrogens (tertiary/aromatic N) is 4. The number of anilines is 2. The molecule has 0 saturated heterocycles. The van der Waals surface area contributed by atoms with Crippen LogP contribution in [0.5, 0.6) is 0 Å². The summed E-state index contributed by atoms with van der Waals surface area (Å²) >= 11 is 0. The lowest BCUT2D eigenvalue weighted by Crippen LogP contribution is -2.13. The van der Waals surface area contributed by atoms with Crippen LogP contribution in [0.25, 0.3) is 0 Å². The molecule has 0 amide bonds. The van der Waals surface area contributed by atoms with E-state index in [-0.39, 0.29) is 0 Å². The Morgan fingerprint density at radius 1 is 1.37 bits per heavy atom. The Kier molecular flexibility index (Phi) is 4.26. The molecule has 0 atom stereocenters. The van der Waals surface area contributed by atoms with E-state index in [1.54, 1.807) is 19.4 Å². The molecule has 2 rings (SSSR count). The zero-order valence-corrected chi connectivity index (χ0v) is 10.9. The minimum Gasteiger partial charge on any atom is -0.377 e. The predicted octanol–water partition coefficient (Wildman–Crippen LogP) is 0.254. The second-order valence-corrected chi connectivity index (χ2v) is 3.94.